The first-order valence-electron chi connectivity index (χ1n) is 7.43. The number of benzene rings is 4. The number of rotatable bonds is 0. The molecule has 0 aromatic heterocycles. The Labute approximate surface area is 147 Å². The normalized spacial score (nSPS) is 12.8. The lowest BCUT2D eigenvalue weighted by atomic mass is 9.81. The molecule has 0 fully saturated rings. The van der Waals surface area contributed by atoms with Crippen LogP contribution in [0.25, 0.3) is 32.3 Å². The van der Waals surface area contributed by atoms with E-state index in [4.69, 9.17) is 0 Å². The Morgan fingerprint density at radius 1 is 0.727 bits per heavy atom. The molecule has 2 heteroatoms. The van der Waals surface area contributed by atoms with Gasteiger partial charge in [0.1, 0.15) is 0 Å². The van der Waals surface area contributed by atoms with E-state index in [1.54, 1.807) is 0 Å². The molecule has 4 rings (SSSR count). The molecule has 0 nitrogen and oxygen atoms in total. The van der Waals surface area contributed by atoms with Crippen LogP contribution in [0.5, 0.6) is 0 Å². The van der Waals surface area contributed by atoms with Gasteiger partial charge in [0.2, 0.25) is 0 Å². The summed E-state index contributed by atoms with van der Waals surface area (Å²) in [5.41, 5.74) is 1.49. The first kappa shape index (κ1) is 14.5. The van der Waals surface area contributed by atoms with Crippen LogP contribution in [0.3, 0.4) is 0 Å². The molecule has 0 heterocycles. The van der Waals surface area contributed by atoms with Gasteiger partial charge in [0.05, 0.1) is 0 Å². The highest BCUT2D eigenvalue weighted by molar-refractivity contribution is 9.10. The first-order chi connectivity index (χ1) is 10.4. The van der Waals surface area contributed by atoms with Gasteiger partial charge in [-0.25, -0.2) is 0 Å². The molecule has 0 radical (unpaired) electrons. The van der Waals surface area contributed by atoms with Crippen LogP contribution in [0.2, 0.25) is 0 Å². The van der Waals surface area contributed by atoms with E-state index in [1.165, 1.54) is 42.4 Å². The van der Waals surface area contributed by atoms with Gasteiger partial charge in [-0.1, -0.05) is 76.9 Å². The maximum Gasteiger partial charge on any atom is 0.0225 e. The van der Waals surface area contributed by atoms with Crippen molar-refractivity contribution in [1.82, 2.24) is 0 Å². The topological polar surface area (TPSA) is 0 Å². The molecule has 22 heavy (non-hydrogen) atoms. The Kier molecular flexibility index (Phi) is 3.08. The average molecular weight is 416 g/mol. The highest BCUT2D eigenvalue weighted by Gasteiger charge is 2.22. The lowest BCUT2D eigenvalue weighted by Crippen LogP contribution is -2.13. The maximum atomic E-state index is 3.80. The van der Waals surface area contributed by atoms with Gasteiger partial charge in [-0.05, 0) is 61.5 Å². The van der Waals surface area contributed by atoms with E-state index in [0.29, 0.717) is 0 Å². The Morgan fingerprint density at radius 3 is 1.86 bits per heavy atom. The van der Waals surface area contributed by atoms with Crippen LogP contribution in [-0.2, 0) is 5.41 Å². The predicted molar refractivity (Wildman–Crippen MR) is 104 cm³/mol. The Hall–Kier alpha value is -1.12. The van der Waals surface area contributed by atoms with Gasteiger partial charge in [-0.3, -0.25) is 0 Å². The van der Waals surface area contributed by atoms with E-state index in [2.05, 4.69) is 95.1 Å². The van der Waals surface area contributed by atoms with E-state index < -0.39 is 0 Å². The Balaban J connectivity index is 2.33. The maximum absolute atomic E-state index is 3.80. The molecule has 0 saturated carbocycles. The third-order valence-electron chi connectivity index (χ3n) is 4.38. The number of hydrogen-bond acceptors (Lipinski definition) is 0. The second-order valence-electron chi connectivity index (χ2n) is 6.99. The summed E-state index contributed by atoms with van der Waals surface area (Å²) in [4.78, 5) is 0. The van der Waals surface area contributed by atoms with Crippen LogP contribution in [0, 0.1) is 0 Å². The van der Waals surface area contributed by atoms with Crippen molar-refractivity contribution < 1.29 is 0 Å². The highest BCUT2D eigenvalue weighted by atomic mass is 79.9. The third kappa shape index (κ3) is 2.00. The van der Waals surface area contributed by atoms with Gasteiger partial charge < -0.3 is 0 Å². The van der Waals surface area contributed by atoms with E-state index in [1.807, 2.05) is 0 Å². The number of halogens is 2. The molecule has 4 aromatic carbocycles. The summed E-state index contributed by atoms with van der Waals surface area (Å²) in [7, 11) is 0. The van der Waals surface area contributed by atoms with E-state index in [9.17, 15) is 0 Å². The summed E-state index contributed by atoms with van der Waals surface area (Å²) < 4.78 is 2.34. The minimum Gasteiger partial charge on any atom is -0.0560 e. The van der Waals surface area contributed by atoms with Crippen LogP contribution in [-0.4, -0.2) is 0 Å². The zero-order valence-electron chi connectivity index (χ0n) is 12.8. The Morgan fingerprint density at radius 2 is 1.27 bits per heavy atom. The second-order valence-corrected chi connectivity index (χ2v) is 8.76. The van der Waals surface area contributed by atoms with Crippen LogP contribution in [0.4, 0.5) is 0 Å². The summed E-state index contributed by atoms with van der Waals surface area (Å²) in [6, 6.07) is 15.7. The van der Waals surface area contributed by atoms with E-state index in [-0.39, 0.29) is 5.41 Å². The zero-order chi connectivity index (χ0) is 15.6. The monoisotopic (exact) mass is 414 g/mol. The van der Waals surface area contributed by atoms with E-state index >= 15 is 0 Å². The molecule has 0 spiro atoms. The van der Waals surface area contributed by atoms with Crippen molar-refractivity contribution in [3.63, 3.8) is 0 Å². The smallest absolute Gasteiger partial charge is 0.0225 e. The molecule has 0 aliphatic heterocycles. The van der Waals surface area contributed by atoms with E-state index in [0.717, 1.165) is 4.47 Å². The lowest BCUT2D eigenvalue weighted by molar-refractivity contribution is 0.593. The minimum absolute atomic E-state index is 0.0989. The molecular weight excluding hydrogens is 400 g/mol. The summed E-state index contributed by atoms with van der Waals surface area (Å²) in [6.45, 7) is 6.83. The molecule has 0 aliphatic carbocycles. The van der Waals surface area contributed by atoms with Crippen LogP contribution >= 0.6 is 31.9 Å². The molecule has 0 bridgehead atoms. The first-order valence-corrected chi connectivity index (χ1v) is 9.02. The van der Waals surface area contributed by atoms with Crippen molar-refractivity contribution in [2.24, 2.45) is 0 Å². The minimum atomic E-state index is 0.0989. The fourth-order valence-electron chi connectivity index (χ4n) is 3.58. The van der Waals surface area contributed by atoms with Crippen LogP contribution in [0.1, 0.15) is 26.3 Å². The second kappa shape index (κ2) is 4.69. The van der Waals surface area contributed by atoms with Gasteiger partial charge in [0.15, 0.2) is 0 Å². The van der Waals surface area contributed by atoms with Crippen molar-refractivity contribution >= 4 is 64.2 Å². The molecule has 0 atom stereocenters. The zero-order valence-corrected chi connectivity index (χ0v) is 16.0. The molecule has 4 aromatic rings. The van der Waals surface area contributed by atoms with Gasteiger partial charge in [0.25, 0.3) is 0 Å². The van der Waals surface area contributed by atoms with Crippen molar-refractivity contribution in [3.05, 3.63) is 57.0 Å². The molecule has 0 unspecified atom stereocenters. The molecule has 0 aliphatic rings. The van der Waals surface area contributed by atoms with Crippen LogP contribution in [0.15, 0.2) is 51.4 Å². The fraction of sp³-hybridized carbons (Fsp3) is 0.200. The third-order valence-corrected chi connectivity index (χ3v) is 5.47. The SMILES string of the molecule is CC(C)(C)c1c(Br)cc2ccc3cc(Br)cc4ccc1c2c34. The van der Waals surface area contributed by atoms with Crippen molar-refractivity contribution in [3.8, 4) is 0 Å². The molecule has 110 valence electrons. The van der Waals surface area contributed by atoms with Crippen molar-refractivity contribution in [2.45, 2.75) is 26.2 Å². The number of hydrogen-bond donors (Lipinski definition) is 0. The van der Waals surface area contributed by atoms with Crippen LogP contribution < -0.4 is 0 Å². The molecule has 0 amide bonds. The molecule has 0 N–H and O–H groups in total. The average Bonchev–Trinajstić information content (AvgIpc) is 2.42. The Bertz CT molecular complexity index is 1000. The van der Waals surface area contributed by atoms with Crippen molar-refractivity contribution in [1.29, 1.82) is 0 Å². The molecule has 0 saturated heterocycles. The summed E-state index contributed by atoms with van der Waals surface area (Å²) >= 11 is 7.43. The summed E-state index contributed by atoms with van der Waals surface area (Å²) in [6.07, 6.45) is 0. The summed E-state index contributed by atoms with van der Waals surface area (Å²) in [5, 5.41) is 8.01. The van der Waals surface area contributed by atoms with Gasteiger partial charge in [-0.15, -0.1) is 0 Å². The van der Waals surface area contributed by atoms with Gasteiger partial charge in [0, 0.05) is 8.95 Å². The van der Waals surface area contributed by atoms with Gasteiger partial charge >= 0.3 is 0 Å². The standard InChI is InChI=1S/C20H16Br2/c1-20(2,3)19-15-7-6-12-9-14(21)8-11-4-5-13(10-16(19)22)18(15)17(11)12/h4-10H,1-3H3. The van der Waals surface area contributed by atoms with Gasteiger partial charge in [-0.2, -0.15) is 0 Å². The lowest BCUT2D eigenvalue weighted by Gasteiger charge is -2.25. The summed E-state index contributed by atoms with van der Waals surface area (Å²) in [5.74, 6) is 0. The largest absolute Gasteiger partial charge is 0.0560 e. The predicted octanol–water partition coefficient (Wildman–Crippen LogP) is 7.41. The fourth-order valence-corrected chi connectivity index (χ4v) is 5.13. The molecular formula is C20H16Br2. The quantitative estimate of drug-likeness (QED) is 0.262. The highest BCUT2D eigenvalue weighted by Crippen LogP contribution is 2.43. The van der Waals surface area contributed by atoms with Crippen molar-refractivity contribution in [2.75, 3.05) is 0 Å².